The van der Waals surface area contributed by atoms with Gasteiger partial charge >= 0.3 is 0 Å². The van der Waals surface area contributed by atoms with E-state index in [-0.39, 0.29) is 6.54 Å². The van der Waals surface area contributed by atoms with E-state index in [2.05, 4.69) is 5.92 Å². The molecule has 0 aromatic carbocycles. The Kier molecular flexibility index (Phi) is 4.06. The molecule has 2 heteroatoms. The molecule has 0 radical (unpaired) electrons. The summed E-state index contributed by atoms with van der Waals surface area (Å²) in [5.74, 6) is 2.40. The highest BCUT2D eigenvalue weighted by molar-refractivity contribution is 4.89. The van der Waals surface area contributed by atoms with Crippen LogP contribution in [0.25, 0.3) is 0 Å². The van der Waals surface area contributed by atoms with Gasteiger partial charge in [0, 0.05) is 13.0 Å². The molecule has 2 N–H and O–H groups in total. The third-order valence-electron chi connectivity index (χ3n) is 1.72. The number of hydrogen-bond acceptors (Lipinski definition) is 1. The van der Waals surface area contributed by atoms with Crippen LogP contribution < -0.4 is 5.73 Å². The van der Waals surface area contributed by atoms with Gasteiger partial charge in [-0.1, -0.05) is 6.92 Å². The van der Waals surface area contributed by atoms with Crippen LogP contribution in [0.5, 0.6) is 0 Å². The molecule has 10 heavy (non-hydrogen) atoms. The lowest BCUT2D eigenvalue weighted by molar-refractivity contribution is 0.156. The minimum Gasteiger partial charge on any atom is -0.328 e. The first-order chi connectivity index (χ1) is 4.68. The third-order valence-corrected chi connectivity index (χ3v) is 1.72. The summed E-state index contributed by atoms with van der Waals surface area (Å²) in [7, 11) is 0. The average Bonchev–Trinajstić information content (AvgIpc) is 2.00. The van der Waals surface area contributed by atoms with E-state index >= 15 is 0 Å². The lowest BCUT2D eigenvalue weighted by Crippen LogP contribution is -2.31. The van der Waals surface area contributed by atoms with E-state index in [1.54, 1.807) is 6.92 Å². The fourth-order valence-electron chi connectivity index (χ4n) is 0.719. The van der Waals surface area contributed by atoms with Crippen molar-refractivity contribution in [2.75, 3.05) is 6.54 Å². The van der Waals surface area contributed by atoms with Crippen molar-refractivity contribution in [1.29, 1.82) is 0 Å². The predicted octanol–water partition coefficient (Wildman–Crippen LogP) is 1.48. The molecule has 0 aliphatic heterocycles. The highest BCUT2D eigenvalue weighted by Gasteiger charge is 2.23. The molecule has 0 fully saturated rings. The van der Waals surface area contributed by atoms with Gasteiger partial charge in [0.2, 0.25) is 0 Å². The Morgan fingerprint density at radius 2 is 2.30 bits per heavy atom. The van der Waals surface area contributed by atoms with Crippen LogP contribution in [0.15, 0.2) is 0 Å². The van der Waals surface area contributed by atoms with E-state index in [4.69, 9.17) is 12.2 Å². The van der Waals surface area contributed by atoms with Crippen LogP contribution in [0.1, 0.15) is 26.2 Å². The number of terminal acetylenes is 1. The van der Waals surface area contributed by atoms with Gasteiger partial charge in [0.05, 0.1) is 0 Å². The van der Waals surface area contributed by atoms with E-state index in [9.17, 15) is 4.39 Å². The van der Waals surface area contributed by atoms with Crippen molar-refractivity contribution in [3.05, 3.63) is 0 Å². The molecular formula is C8H14FN. The van der Waals surface area contributed by atoms with E-state index in [1.807, 2.05) is 0 Å². The summed E-state index contributed by atoms with van der Waals surface area (Å²) in [5.41, 5.74) is 3.98. The smallest absolute Gasteiger partial charge is 0.123 e. The number of alkyl halides is 1. The maximum atomic E-state index is 13.2. The van der Waals surface area contributed by atoms with Crippen molar-refractivity contribution >= 4 is 0 Å². The number of hydrogen-bond donors (Lipinski definition) is 1. The standard InChI is InChI=1S/C8H14FN/c1-3-5-6-8(9,4-2)7-10/h1H,4-7,10H2,2H3. The Morgan fingerprint density at radius 1 is 1.70 bits per heavy atom. The van der Waals surface area contributed by atoms with E-state index in [1.165, 1.54) is 0 Å². The lowest BCUT2D eigenvalue weighted by Gasteiger charge is -2.19. The van der Waals surface area contributed by atoms with Crippen LogP contribution in [0, 0.1) is 12.3 Å². The molecule has 58 valence electrons. The molecule has 0 amide bonds. The van der Waals surface area contributed by atoms with Gasteiger partial charge in [0.15, 0.2) is 0 Å². The largest absolute Gasteiger partial charge is 0.328 e. The first kappa shape index (κ1) is 9.45. The van der Waals surface area contributed by atoms with Crippen LogP contribution >= 0.6 is 0 Å². The molecule has 0 spiro atoms. The molecular weight excluding hydrogens is 129 g/mol. The Hall–Kier alpha value is -0.550. The van der Waals surface area contributed by atoms with Gasteiger partial charge in [-0.3, -0.25) is 0 Å². The van der Waals surface area contributed by atoms with Crippen LogP contribution in [-0.2, 0) is 0 Å². The van der Waals surface area contributed by atoms with Gasteiger partial charge in [0.1, 0.15) is 5.67 Å². The van der Waals surface area contributed by atoms with Crippen molar-refractivity contribution in [3.8, 4) is 12.3 Å². The van der Waals surface area contributed by atoms with Crippen LogP contribution in [-0.4, -0.2) is 12.2 Å². The van der Waals surface area contributed by atoms with Crippen LogP contribution in [0.3, 0.4) is 0 Å². The molecule has 0 bridgehead atoms. The number of rotatable bonds is 4. The topological polar surface area (TPSA) is 26.0 Å². The summed E-state index contributed by atoms with van der Waals surface area (Å²) in [6.45, 7) is 1.86. The van der Waals surface area contributed by atoms with Gasteiger partial charge in [-0.25, -0.2) is 4.39 Å². The van der Waals surface area contributed by atoms with Gasteiger partial charge in [-0.05, 0) is 12.8 Å². The summed E-state index contributed by atoms with van der Waals surface area (Å²) in [5, 5.41) is 0. The minimum atomic E-state index is -1.23. The maximum Gasteiger partial charge on any atom is 0.123 e. The van der Waals surface area contributed by atoms with Gasteiger partial charge < -0.3 is 5.73 Å². The average molecular weight is 143 g/mol. The van der Waals surface area contributed by atoms with Gasteiger partial charge in [0.25, 0.3) is 0 Å². The summed E-state index contributed by atoms with van der Waals surface area (Å²) in [4.78, 5) is 0. The fourth-order valence-corrected chi connectivity index (χ4v) is 0.719. The second-order valence-corrected chi connectivity index (χ2v) is 2.41. The summed E-state index contributed by atoms with van der Waals surface area (Å²) in [6, 6.07) is 0. The second-order valence-electron chi connectivity index (χ2n) is 2.41. The normalized spacial score (nSPS) is 15.8. The molecule has 0 saturated heterocycles. The predicted molar refractivity (Wildman–Crippen MR) is 41.3 cm³/mol. The molecule has 0 aromatic rings. The zero-order valence-corrected chi connectivity index (χ0v) is 6.36. The summed E-state index contributed by atoms with van der Waals surface area (Å²) >= 11 is 0. The molecule has 0 aliphatic rings. The van der Waals surface area contributed by atoms with Crippen molar-refractivity contribution in [2.45, 2.75) is 31.9 Å². The van der Waals surface area contributed by atoms with Crippen molar-refractivity contribution in [3.63, 3.8) is 0 Å². The number of halogens is 1. The van der Waals surface area contributed by atoms with Gasteiger partial charge in [-0.15, -0.1) is 12.3 Å². The Morgan fingerprint density at radius 3 is 2.60 bits per heavy atom. The molecule has 0 aromatic heterocycles. The molecule has 1 nitrogen and oxygen atoms in total. The minimum absolute atomic E-state index is 0.0746. The van der Waals surface area contributed by atoms with E-state index in [0.717, 1.165) is 0 Å². The van der Waals surface area contributed by atoms with Crippen molar-refractivity contribution in [1.82, 2.24) is 0 Å². The molecule has 0 heterocycles. The SMILES string of the molecule is C#CCCC(F)(CC)CN. The zero-order chi connectivity index (χ0) is 8.04. The highest BCUT2D eigenvalue weighted by atomic mass is 19.1. The Labute approximate surface area is 61.8 Å². The molecule has 1 atom stereocenters. The second kappa shape index (κ2) is 4.29. The molecule has 0 rings (SSSR count). The van der Waals surface area contributed by atoms with E-state index in [0.29, 0.717) is 19.3 Å². The van der Waals surface area contributed by atoms with Crippen LogP contribution in [0.4, 0.5) is 4.39 Å². The lowest BCUT2D eigenvalue weighted by atomic mass is 9.97. The summed E-state index contributed by atoms with van der Waals surface area (Å²) in [6.07, 6.45) is 6.30. The van der Waals surface area contributed by atoms with Crippen molar-refractivity contribution < 1.29 is 4.39 Å². The first-order valence-electron chi connectivity index (χ1n) is 3.51. The number of nitrogens with two attached hydrogens (primary N) is 1. The first-order valence-corrected chi connectivity index (χ1v) is 3.51. The third kappa shape index (κ3) is 2.84. The van der Waals surface area contributed by atoms with Crippen molar-refractivity contribution in [2.24, 2.45) is 5.73 Å². The van der Waals surface area contributed by atoms with E-state index < -0.39 is 5.67 Å². The maximum absolute atomic E-state index is 13.2. The monoisotopic (exact) mass is 143 g/mol. The van der Waals surface area contributed by atoms with Gasteiger partial charge in [-0.2, -0.15) is 0 Å². The van der Waals surface area contributed by atoms with Crippen LogP contribution in [0.2, 0.25) is 0 Å². The Bertz CT molecular complexity index is 122. The Balaban J connectivity index is 3.71. The molecule has 0 saturated carbocycles. The highest BCUT2D eigenvalue weighted by Crippen LogP contribution is 2.20. The fraction of sp³-hybridized carbons (Fsp3) is 0.750. The summed E-state index contributed by atoms with van der Waals surface area (Å²) < 4.78 is 13.2. The molecule has 0 aliphatic carbocycles. The quantitative estimate of drug-likeness (QED) is 0.593. The molecule has 1 unspecified atom stereocenters. The zero-order valence-electron chi connectivity index (χ0n) is 6.36.